The number of anilines is 2. The van der Waals surface area contributed by atoms with Gasteiger partial charge in [0.2, 0.25) is 0 Å². The van der Waals surface area contributed by atoms with Gasteiger partial charge in [-0.2, -0.15) is 0 Å². The molecular formula is C18H17N3O4S. The molecule has 0 aliphatic carbocycles. The largest absolute Gasteiger partial charge is 0.485 e. The maximum absolute atomic E-state index is 10.6. The number of aromatic nitrogens is 2. The predicted octanol–water partition coefficient (Wildman–Crippen LogP) is 3.63. The van der Waals surface area contributed by atoms with E-state index in [2.05, 4.69) is 15.3 Å². The number of carboxylic acid groups (broad SMARTS) is 1. The minimum absolute atomic E-state index is 0.293. The Labute approximate surface area is 154 Å². The van der Waals surface area contributed by atoms with E-state index in [1.54, 1.807) is 30.5 Å². The van der Waals surface area contributed by atoms with Crippen molar-refractivity contribution in [2.24, 2.45) is 0 Å². The molecular weight excluding hydrogens is 354 g/mol. The van der Waals surface area contributed by atoms with Gasteiger partial charge in [-0.25, -0.2) is 14.8 Å². The van der Waals surface area contributed by atoms with Crippen LogP contribution in [0.15, 0.2) is 48.0 Å². The molecule has 3 aromatic rings. The van der Waals surface area contributed by atoms with Crippen LogP contribution in [-0.2, 0) is 11.4 Å². The molecule has 1 aromatic carbocycles. The number of nitrogens with zero attached hydrogens (tertiary/aromatic N) is 2. The first-order valence-electron chi connectivity index (χ1n) is 7.80. The third-order valence-electron chi connectivity index (χ3n) is 3.27. The smallest absolute Gasteiger partial charge is 0.341 e. The van der Waals surface area contributed by atoms with E-state index in [9.17, 15) is 4.79 Å². The average Bonchev–Trinajstić information content (AvgIpc) is 3.04. The lowest BCUT2D eigenvalue weighted by atomic mass is 10.2. The molecule has 2 N–H and O–H groups in total. The molecule has 0 fully saturated rings. The number of carboxylic acids is 1. The van der Waals surface area contributed by atoms with E-state index in [1.807, 2.05) is 24.4 Å². The van der Waals surface area contributed by atoms with Gasteiger partial charge in [0.25, 0.3) is 0 Å². The highest BCUT2D eigenvalue weighted by molar-refractivity contribution is 7.13. The number of aliphatic carboxylic acids is 1. The summed E-state index contributed by atoms with van der Waals surface area (Å²) in [6, 6.07) is 10.7. The maximum Gasteiger partial charge on any atom is 0.341 e. The summed E-state index contributed by atoms with van der Waals surface area (Å²) < 4.78 is 11.0. The fourth-order valence-corrected chi connectivity index (χ4v) is 2.83. The lowest BCUT2D eigenvalue weighted by Crippen LogP contribution is -2.09. The Balaban J connectivity index is 1.66. The molecule has 0 bridgehead atoms. The van der Waals surface area contributed by atoms with Crippen molar-refractivity contribution in [1.29, 1.82) is 0 Å². The first kappa shape index (κ1) is 17.7. The average molecular weight is 371 g/mol. The second kappa shape index (κ2) is 8.30. The molecule has 8 heteroatoms. The molecule has 2 aromatic heterocycles. The van der Waals surface area contributed by atoms with E-state index in [4.69, 9.17) is 14.6 Å². The van der Waals surface area contributed by atoms with Gasteiger partial charge in [0.1, 0.15) is 12.4 Å². The zero-order chi connectivity index (χ0) is 18.4. The van der Waals surface area contributed by atoms with Crippen molar-refractivity contribution in [3.8, 4) is 11.5 Å². The van der Waals surface area contributed by atoms with Crippen molar-refractivity contribution < 1.29 is 19.4 Å². The van der Waals surface area contributed by atoms with E-state index in [0.29, 0.717) is 23.9 Å². The third kappa shape index (κ3) is 4.93. The Kier molecular flexibility index (Phi) is 5.65. The van der Waals surface area contributed by atoms with Crippen LogP contribution in [0, 0.1) is 6.92 Å². The molecule has 0 saturated heterocycles. The second-order valence-corrected chi connectivity index (χ2v) is 6.25. The van der Waals surface area contributed by atoms with Gasteiger partial charge >= 0.3 is 5.97 Å². The van der Waals surface area contributed by atoms with Crippen LogP contribution >= 0.6 is 11.3 Å². The molecule has 0 aliphatic heterocycles. The van der Waals surface area contributed by atoms with Crippen LogP contribution in [0.2, 0.25) is 0 Å². The molecule has 0 atom stereocenters. The van der Waals surface area contributed by atoms with Gasteiger partial charge in [0.05, 0.1) is 5.69 Å². The van der Waals surface area contributed by atoms with Gasteiger partial charge in [-0.1, -0.05) is 12.1 Å². The molecule has 2 heterocycles. The summed E-state index contributed by atoms with van der Waals surface area (Å²) in [6.45, 7) is 1.84. The normalized spacial score (nSPS) is 10.3. The molecule has 0 saturated carbocycles. The van der Waals surface area contributed by atoms with E-state index in [0.717, 1.165) is 16.4 Å². The molecule has 26 heavy (non-hydrogen) atoms. The van der Waals surface area contributed by atoms with Crippen LogP contribution in [0.5, 0.6) is 11.5 Å². The van der Waals surface area contributed by atoms with Crippen LogP contribution in [0.3, 0.4) is 0 Å². The summed E-state index contributed by atoms with van der Waals surface area (Å²) in [4.78, 5) is 19.3. The Hall–Kier alpha value is -3.13. The fraction of sp³-hybridized carbons (Fsp3) is 0.167. The molecule has 3 rings (SSSR count). The molecule has 7 nitrogen and oxygen atoms in total. The first-order valence-corrected chi connectivity index (χ1v) is 8.68. The number of nitrogens with one attached hydrogen (secondary N) is 1. The van der Waals surface area contributed by atoms with Gasteiger partial charge < -0.3 is 19.9 Å². The van der Waals surface area contributed by atoms with Crippen molar-refractivity contribution in [2.75, 3.05) is 11.9 Å². The number of carbonyl (C=O) groups is 1. The van der Waals surface area contributed by atoms with E-state index < -0.39 is 5.97 Å². The van der Waals surface area contributed by atoms with Crippen LogP contribution in [0.4, 0.5) is 10.9 Å². The monoisotopic (exact) mass is 371 g/mol. The van der Waals surface area contributed by atoms with E-state index >= 15 is 0 Å². The summed E-state index contributed by atoms with van der Waals surface area (Å²) in [5.41, 5.74) is 1.79. The lowest BCUT2D eigenvalue weighted by Gasteiger charge is -2.11. The Morgan fingerprint density at radius 1 is 1.27 bits per heavy atom. The van der Waals surface area contributed by atoms with Crippen LogP contribution in [0.25, 0.3) is 0 Å². The minimum Gasteiger partial charge on any atom is -0.485 e. The highest BCUT2D eigenvalue weighted by Crippen LogP contribution is 2.27. The predicted molar refractivity (Wildman–Crippen MR) is 98.3 cm³/mol. The fourth-order valence-electron chi connectivity index (χ4n) is 2.14. The molecule has 134 valence electrons. The van der Waals surface area contributed by atoms with Gasteiger partial charge in [0, 0.05) is 11.6 Å². The number of hydrogen-bond acceptors (Lipinski definition) is 7. The Morgan fingerprint density at radius 3 is 2.92 bits per heavy atom. The zero-order valence-corrected chi connectivity index (χ0v) is 14.8. The number of pyridine rings is 1. The topological polar surface area (TPSA) is 93.6 Å². The van der Waals surface area contributed by atoms with E-state index in [-0.39, 0.29) is 6.61 Å². The SMILES string of the molecule is Cc1csc(Nc2ncccc2OCc2cccc(OCC(=O)O)c2)n1. The number of ether oxygens (including phenoxy) is 2. The standard InChI is InChI=1S/C18H17N3O4S/c1-12-11-26-18(20-12)21-17-15(6-3-7-19-17)25-9-13-4-2-5-14(8-13)24-10-16(22)23/h2-8,11H,9-10H2,1H3,(H,22,23)(H,19,20,21). The Bertz CT molecular complexity index is 897. The number of hydrogen-bond donors (Lipinski definition) is 2. The van der Waals surface area contributed by atoms with E-state index in [1.165, 1.54) is 11.3 Å². The van der Waals surface area contributed by atoms with Crippen molar-refractivity contribution >= 4 is 28.3 Å². The number of thiazole rings is 1. The van der Waals surface area contributed by atoms with Gasteiger partial charge in [-0.15, -0.1) is 11.3 Å². The van der Waals surface area contributed by atoms with Crippen LogP contribution in [0.1, 0.15) is 11.3 Å². The molecule has 0 spiro atoms. The highest BCUT2D eigenvalue weighted by Gasteiger charge is 2.08. The lowest BCUT2D eigenvalue weighted by molar-refractivity contribution is -0.139. The first-order chi connectivity index (χ1) is 12.6. The molecule has 0 amide bonds. The summed E-state index contributed by atoms with van der Waals surface area (Å²) >= 11 is 1.50. The number of rotatable bonds is 8. The quantitative estimate of drug-likeness (QED) is 0.624. The second-order valence-electron chi connectivity index (χ2n) is 5.39. The third-order valence-corrected chi connectivity index (χ3v) is 4.15. The van der Waals surface area contributed by atoms with Crippen LogP contribution in [-0.4, -0.2) is 27.7 Å². The molecule has 0 aliphatic rings. The minimum atomic E-state index is -1.02. The summed E-state index contributed by atoms with van der Waals surface area (Å²) in [7, 11) is 0. The van der Waals surface area contributed by atoms with Gasteiger partial charge in [-0.3, -0.25) is 0 Å². The Morgan fingerprint density at radius 2 is 2.15 bits per heavy atom. The van der Waals surface area contributed by atoms with Gasteiger partial charge in [-0.05, 0) is 36.8 Å². The molecule has 0 radical (unpaired) electrons. The highest BCUT2D eigenvalue weighted by atomic mass is 32.1. The number of aryl methyl sites for hydroxylation is 1. The van der Waals surface area contributed by atoms with Crippen molar-refractivity contribution in [2.45, 2.75) is 13.5 Å². The number of benzene rings is 1. The summed E-state index contributed by atoms with van der Waals surface area (Å²) in [5, 5.41) is 14.5. The zero-order valence-electron chi connectivity index (χ0n) is 14.0. The molecule has 0 unspecified atom stereocenters. The van der Waals surface area contributed by atoms with Crippen LogP contribution < -0.4 is 14.8 Å². The summed E-state index contributed by atoms with van der Waals surface area (Å²) in [6.07, 6.45) is 1.68. The van der Waals surface area contributed by atoms with Crippen molar-refractivity contribution in [3.05, 3.63) is 59.2 Å². The van der Waals surface area contributed by atoms with Crippen molar-refractivity contribution in [1.82, 2.24) is 9.97 Å². The van der Waals surface area contributed by atoms with Crippen molar-refractivity contribution in [3.63, 3.8) is 0 Å². The maximum atomic E-state index is 10.6. The van der Waals surface area contributed by atoms with Gasteiger partial charge in [0.15, 0.2) is 23.3 Å². The summed E-state index contributed by atoms with van der Waals surface area (Å²) in [5.74, 6) is 0.642.